The number of ether oxygens (including phenoxy) is 1. The molecule has 2 aliphatic rings. The third-order valence-corrected chi connectivity index (χ3v) is 3.76. The Bertz CT molecular complexity index is 256. The lowest BCUT2D eigenvalue weighted by molar-refractivity contribution is -0.137. The van der Waals surface area contributed by atoms with E-state index in [-0.39, 0.29) is 17.9 Å². The van der Waals surface area contributed by atoms with Crippen molar-refractivity contribution >= 4 is 5.91 Å². The van der Waals surface area contributed by atoms with Gasteiger partial charge in [-0.25, -0.2) is 0 Å². The van der Waals surface area contributed by atoms with Crippen LogP contribution in [0.2, 0.25) is 0 Å². The first-order chi connectivity index (χ1) is 8.18. The smallest absolute Gasteiger partial charge is 0.228 e. The summed E-state index contributed by atoms with van der Waals surface area (Å²) in [5, 5.41) is 3.46. The number of carbonyl (C=O) groups excluding carboxylic acids is 1. The Morgan fingerprint density at radius 2 is 2.29 bits per heavy atom. The fourth-order valence-corrected chi connectivity index (χ4v) is 2.67. The van der Waals surface area contributed by atoms with E-state index in [1.165, 1.54) is 12.8 Å². The highest BCUT2D eigenvalue weighted by molar-refractivity contribution is 5.79. The predicted octanol–water partition coefficient (Wildman–Crippen LogP) is 1.01. The van der Waals surface area contributed by atoms with Gasteiger partial charge < -0.3 is 15.0 Å². The minimum Gasteiger partial charge on any atom is -0.381 e. The third kappa shape index (κ3) is 3.19. The molecule has 2 saturated heterocycles. The zero-order chi connectivity index (χ0) is 12.3. The van der Waals surface area contributed by atoms with Gasteiger partial charge in [-0.3, -0.25) is 4.79 Å². The molecule has 2 atom stereocenters. The van der Waals surface area contributed by atoms with E-state index in [1.54, 1.807) is 0 Å². The maximum Gasteiger partial charge on any atom is 0.228 e. The summed E-state index contributed by atoms with van der Waals surface area (Å²) in [5.74, 6) is 0.380. The van der Waals surface area contributed by atoms with Crippen LogP contribution in [0, 0.1) is 5.92 Å². The van der Waals surface area contributed by atoms with E-state index in [0.717, 1.165) is 26.1 Å². The number of nitrogens with one attached hydrogen (secondary N) is 1. The minimum absolute atomic E-state index is 0.0961. The van der Waals surface area contributed by atoms with Crippen molar-refractivity contribution in [1.29, 1.82) is 0 Å². The summed E-state index contributed by atoms with van der Waals surface area (Å²) in [5.41, 5.74) is 0. The molecule has 4 nitrogen and oxygen atoms in total. The van der Waals surface area contributed by atoms with Crippen molar-refractivity contribution in [3.05, 3.63) is 0 Å². The van der Waals surface area contributed by atoms with Gasteiger partial charge in [-0.15, -0.1) is 0 Å². The zero-order valence-electron chi connectivity index (χ0n) is 10.9. The van der Waals surface area contributed by atoms with Crippen LogP contribution < -0.4 is 5.32 Å². The lowest BCUT2D eigenvalue weighted by Crippen LogP contribution is -2.47. The van der Waals surface area contributed by atoms with Gasteiger partial charge in [0, 0.05) is 25.2 Å². The second kappa shape index (κ2) is 5.83. The molecule has 2 fully saturated rings. The van der Waals surface area contributed by atoms with Crippen molar-refractivity contribution < 1.29 is 9.53 Å². The molecular weight excluding hydrogens is 216 g/mol. The molecular formula is C13H24N2O2. The average Bonchev–Trinajstić information content (AvgIpc) is 2.97. The molecule has 2 aliphatic heterocycles. The highest BCUT2D eigenvalue weighted by Crippen LogP contribution is 2.18. The second-order valence-corrected chi connectivity index (χ2v) is 5.44. The number of rotatable bonds is 4. The van der Waals surface area contributed by atoms with Gasteiger partial charge in [0.05, 0.1) is 12.5 Å². The maximum atomic E-state index is 12.4. The molecule has 0 aromatic rings. The topological polar surface area (TPSA) is 41.6 Å². The second-order valence-electron chi connectivity index (χ2n) is 5.44. The van der Waals surface area contributed by atoms with E-state index in [9.17, 15) is 4.79 Å². The zero-order valence-corrected chi connectivity index (χ0v) is 10.9. The predicted molar refractivity (Wildman–Crippen MR) is 66.8 cm³/mol. The van der Waals surface area contributed by atoms with Crippen molar-refractivity contribution in [2.75, 3.05) is 26.3 Å². The fraction of sp³-hybridized carbons (Fsp3) is 0.923. The van der Waals surface area contributed by atoms with Crippen LogP contribution in [0.25, 0.3) is 0 Å². The largest absolute Gasteiger partial charge is 0.381 e. The molecule has 0 aliphatic carbocycles. The van der Waals surface area contributed by atoms with Gasteiger partial charge >= 0.3 is 0 Å². The molecule has 0 aromatic carbocycles. The van der Waals surface area contributed by atoms with Gasteiger partial charge in [0.2, 0.25) is 5.91 Å². The molecule has 2 heterocycles. The molecule has 0 bridgehead atoms. The fourth-order valence-electron chi connectivity index (χ4n) is 2.67. The lowest BCUT2D eigenvalue weighted by atomic mass is 10.1. The van der Waals surface area contributed by atoms with Gasteiger partial charge in [0.15, 0.2) is 0 Å². The Hall–Kier alpha value is -0.610. The van der Waals surface area contributed by atoms with E-state index < -0.39 is 0 Å². The van der Waals surface area contributed by atoms with Gasteiger partial charge in [0.1, 0.15) is 0 Å². The van der Waals surface area contributed by atoms with Crippen LogP contribution >= 0.6 is 0 Å². The number of nitrogens with zero attached hydrogens (tertiary/aromatic N) is 1. The Kier molecular flexibility index (Phi) is 4.40. The molecule has 1 amide bonds. The van der Waals surface area contributed by atoms with Crippen molar-refractivity contribution in [2.24, 2.45) is 5.92 Å². The van der Waals surface area contributed by atoms with Crippen LogP contribution in [0.3, 0.4) is 0 Å². The summed E-state index contributed by atoms with van der Waals surface area (Å²) in [4.78, 5) is 14.4. The van der Waals surface area contributed by atoms with Crippen molar-refractivity contribution in [1.82, 2.24) is 10.2 Å². The van der Waals surface area contributed by atoms with Crippen molar-refractivity contribution in [2.45, 2.75) is 45.2 Å². The number of hydrogen-bond donors (Lipinski definition) is 1. The molecule has 4 heteroatoms. The molecule has 0 saturated carbocycles. The maximum absolute atomic E-state index is 12.4. The molecule has 0 aromatic heterocycles. The van der Waals surface area contributed by atoms with Crippen LogP contribution in [0.15, 0.2) is 0 Å². The Morgan fingerprint density at radius 3 is 2.82 bits per heavy atom. The van der Waals surface area contributed by atoms with E-state index in [2.05, 4.69) is 19.2 Å². The summed E-state index contributed by atoms with van der Waals surface area (Å²) in [7, 11) is 0. The first-order valence-electron chi connectivity index (χ1n) is 6.80. The number of hydrogen-bond acceptors (Lipinski definition) is 3. The Morgan fingerprint density at radius 1 is 1.47 bits per heavy atom. The van der Waals surface area contributed by atoms with Crippen LogP contribution in [-0.2, 0) is 9.53 Å². The summed E-state index contributed by atoms with van der Waals surface area (Å²) < 4.78 is 5.31. The number of carbonyl (C=O) groups is 1. The minimum atomic E-state index is 0.0961. The van der Waals surface area contributed by atoms with Crippen LogP contribution in [0.4, 0.5) is 0 Å². The van der Waals surface area contributed by atoms with Crippen molar-refractivity contribution in [3.63, 3.8) is 0 Å². The molecule has 0 radical (unpaired) electrons. The normalized spacial score (nSPS) is 28.9. The van der Waals surface area contributed by atoms with Crippen LogP contribution in [0.5, 0.6) is 0 Å². The molecule has 0 spiro atoms. The lowest BCUT2D eigenvalue weighted by Gasteiger charge is -2.31. The average molecular weight is 240 g/mol. The monoisotopic (exact) mass is 240 g/mol. The molecule has 98 valence electrons. The Balaban J connectivity index is 1.92. The number of amides is 1. The highest BCUT2D eigenvalue weighted by Gasteiger charge is 2.31. The summed E-state index contributed by atoms with van der Waals surface area (Å²) >= 11 is 0. The summed E-state index contributed by atoms with van der Waals surface area (Å²) in [6.07, 6.45) is 3.31. The Labute approximate surface area is 104 Å². The molecule has 17 heavy (non-hydrogen) atoms. The first kappa shape index (κ1) is 12.8. The molecule has 1 N–H and O–H groups in total. The van der Waals surface area contributed by atoms with E-state index in [1.807, 2.05) is 4.90 Å². The third-order valence-electron chi connectivity index (χ3n) is 3.76. The standard InChI is InChI=1S/C13H24N2O2/c1-10(2)15(8-12-4-3-6-14-12)13(16)11-5-7-17-9-11/h10-12,14H,3-9H2,1-2H3. The quantitative estimate of drug-likeness (QED) is 0.797. The summed E-state index contributed by atoms with van der Waals surface area (Å²) in [6, 6.07) is 0.772. The van der Waals surface area contributed by atoms with E-state index >= 15 is 0 Å². The van der Waals surface area contributed by atoms with E-state index in [0.29, 0.717) is 12.6 Å². The van der Waals surface area contributed by atoms with Crippen LogP contribution in [0.1, 0.15) is 33.1 Å². The van der Waals surface area contributed by atoms with Gasteiger partial charge in [-0.05, 0) is 39.7 Å². The highest BCUT2D eigenvalue weighted by atomic mass is 16.5. The van der Waals surface area contributed by atoms with Crippen molar-refractivity contribution in [3.8, 4) is 0 Å². The van der Waals surface area contributed by atoms with Gasteiger partial charge in [-0.1, -0.05) is 0 Å². The molecule has 2 unspecified atom stereocenters. The first-order valence-corrected chi connectivity index (χ1v) is 6.80. The SMILES string of the molecule is CC(C)N(CC1CCCN1)C(=O)C1CCOC1. The van der Waals surface area contributed by atoms with Gasteiger partial charge in [0.25, 0.3) is 0 Å². The van der Waals surface area contributed by atoms with Gasteiger partial charge in [-0.2, -0.15) is 0 Å². The van der Waals surface area contributed by atoms with E-state index in [4.69, 9.17) is 4.74 Å². The van der Waals surface area contributed by atoms with Crippen LogP contribution in [-0.4, -0.2) is 49.2 Å². The summed E-state index contributed by atoms with van der Waals surface area (Å²) in [6.45, 7) is 7.50. The molecule has 2 rings (SSSR count).